The third kappa shape index (κ3) is 4.50. The maximum atomic E-state index is 13.1. The number of para-hydroxylation sites is 3. The third-order valence-electron chi connectivity index (χ3n) is 6.02. The predicted molar refractivity (Wildman–Crippen MR) is 132 cm³/mol. The van der Waals surface area contributed by atoms with Gasteiger partial charge in [-0.25, -0.2) is 0 Å². The van der Waals surface area contributed by atoms with Crippen LogP contribution < -0.4 is 15.0 Å². The van der Waals surface area contributed by atoms with Crippen LogP contribution in [0, 0.1) is 12.8 Å². The molecule has 8 nitrogen and oxygen atoms in total. The maximum absolute atomic E-state index is 13.1. The summed E-state index contributed by atoms with van der Waals surface area (Å²) in [5, 5.41) is 7.05. The van der Waals surface area contributed by atoms with Gasteiger partial charge >= 0.3 is 0 Å². The highest BCUT2D eigenvalue weighted by molar-refractivity contribution is 6.05. The molecule has 0 saturated carbocycles. The molecule has 0 spiro atoms. The van der Waals surface area contributed by atoms with Crippen molar-refractivity contribution < 1.29 is 18.8 Å². The molecule has 35 heavy (non-hydrogen) atoms. The Kier molecular flexibility index (Phi) is 6.01. The number of amides is 2. The minimum atomic E-state index is -0.508. The molecular weight excluding hydrogens is 444 g/mol. The molecule has 1 N–H and O–H groups in total. The van der Waals surface area contributed by atoms with Crippen LogP contribution >= 0.6 is 0 Å². The van der Waals surface area contributed by atoms with Crippen molar-refractivity contribution in [1.29, 1.82) is 0 Å². The van der Waals surface area contributed by atoms with Crippen molar-refractivity contribution in [3.05, 3.63) is 78.4 Å². The SMILES string of the molecule is COc1ccccc1N1C[C@@H](C(=O)Nc2ccccc2-c2nc(-c3ccc(C)cc3)no2)CC1=O. The summed E-state index contributed by atoms with van der Waals surface area (Å²) in [4.78, 5) is 32.0. The van der Waals surface area contributed by atoms with Crippen LogP contribution in [0.1, 0.15) is 12.0 Å². The van der Waals surface area contributed by atoms with Gasteiger partial charge in [-0.15, -0.1) is 0 Å². The zero-order chi connectivity index (χ0) is 24.4. The molecule has 5 rings (SSSR count). The second-order valence-electron chi connectivity index (χ2n) is 8.40. The second-order valence-corrected chi connectivity index (χ2v) is 8.40. The number of hydrogen-bond acceptors (Lipinski definition) is 6. The maximum Gasteiger partial charge on any atom is 0.260 e. The van der Waals surface area contributed by atoms with Crippen LogP contribution in [0.4, 0.5) is 11.4 Å². The fraction of sp³-hybridized carbons (Fsp3) is 0.185. The van der Waals surface area contributed by atoms with E-state index in [0.29, 0.717) is 34.4 Å². The molecule has 1 aliphatic rings. The molecule has 0 aliphatic carbocycles. The first kappa shape index (κ1) is 22.3. The molecule has 176 valence electrons. The van der Waals surface area contributed by atoms with Crippen molar-refractivity contribution in [2.24, 2.45) is 5.92 Å². The first-order chi connectivity index (χ1) is 17.0. The highest BCUT2D eigenvalue weighted by Crippen LogP contribution is 2.34. The quantitative estimate of drug-likeness (QED) is 0.440. The number of rotatable bonds is 6. The number of anilines is 2. The molecule has 1 aliphatic heterocycles. The smallest absolute Gasteiger partial charge is 0.260 e. The summed E-state index contributed by atoms with van der Waals surface area (Å²) in [6.45, 7) is 2.28. The van der Waals surface area contributed by atoms with Crippen molar-refractivity contribution >= 4 is 23.2 Å². The molecule has 2 heterocycles. The molecule has 0 bridgehead atoms. The first-order valence-corrected chi connectivity index (χ1v) is 11.3. The van der Waals surface area contributed by atoms with Crippen molar-refractivity contribution in [1.82, 2.24) is 10.1 Å². The van der Waals surface area contributed by atoms with E-state index >= 15 is 0 Å². The normalized spacial score (nSPS) is 15.3. The van der Waals surface area contributed by atoms with E-state index in [1.807, 2.05) is 67.6 Å². The lowest BCUT2D eigenvalue weighted by atomic mass is 10.1. The lowest BCUT2D eigenvalue weighted by molar-refractivity contribution is -0.122. The van der Waals surface area contributed by atoms with Crippen LogP contribution in [0.25, 0.3) is 22.8 Å². The van der Waals surface area contributed by atoms with Crippen molar-refractivity contribution in [3.63, 3.8) is 0 Å². The number of aryl methyl sites for hydroxylation is 1. The Morgan fingerprint density at radius 1 is 1.06 bits per heavy atom. The number of ether oxygens (including phenoxy) is 1. The van der Waals surface area contributed by atoms with Crippen molar-refractivity contribution in [3.8, 4) is 28.6 Å². The van der Waals surface area contributed by atoms with Gasteiger partial charge in [-0.2, -0.15) is 4.98 Å². The summed E-state index contributed by atoms with van der Waals surface area (Å²) in [5.74, 6) is 0.480. The van der Waals surface area contributed by atoms with Gasteiger partial charge in [-0.05, 0) is 31.2 Å². The summed E-state index contributed by atoms with van der Waals surface area (Å²) < 4.78 is 10.9. The van der Waals surface area contributed by atoms with Gasteiger partial charge < -0.3 is 19.5 Å². The van der Waals surface area contributed by atoms with E-state index in [2.05, 4.69) is 15.5 Å². The summed E-state index contributed by atoms with van der Waals surface area (Å²) in [7, 11) is 1.56. The summed E-state index contributed by atoms with van der Waals surface area (Å²) in [6.07, 6.45) is 0.115. The average molecular weight is 469 g/mol. The Labute approximate surface area is 202 Å². The van der Waals surface area contributed by atoms with Crippen molar-refractivity contribution in [2.75, 3.05) is 23.9 Å². The molecule has 1 saturated heterocycles. The predicted octanol–water partition coefficient (Wildman–Crippen LogP) is 4.71. The third-order valence-corrected chi connectivity index (χ3v) is 6.02. The largest absolute Gasteiger partial charge is 0.495 e. The number of carbonyl (C=O) groups excluding carboxylic acids is 2. The van der Waals surface area contributed by atoms with Crippen LogP contribution in [0.5, 0.6) is 5.75 Å². The molecular formula is C27H24N4O4. The van der Waals surface area contributed by atoms with E-state index in [9.17, 15) is 9.59 Å². The Morgan fingerprint density at radius 2 is 1.80 bits per heavy atom. The topological polar surface area (TPSA) is 97.6 Å². The lowest BCUT2D eigenvalue weighted by Gasteiger charge is -2.19. The Bertz CT molecular complexity index is 1380. The van der Waals surface area contributed by atoms with E-state index < -0.39 is 5.92 Å². The Morgan fingerprint density at radius 3 is 2.60 bits per heavy atom. The summed E-state index contributed by atoms with van der Waals surface area (Å²) in [6, 6.07) is 22.4. The number of aromatic nitrogens is 2. The van der Waals surface area contributed by atoms with Gasteiger partial charge in [0, 0.05) is 18.5 Å². The molecule has 1 aromatic heterocycles. The number of methoxy groups -OCH3 is 1. The van der Waals surface area contributed by atoms with Crippen LogP contribution in [-0.2, 0) is 9.59 Å². The fourth-order valence-corrected chi connectivity index (χ4v) is 4.13. The minimum Gasteiger partial charge on any atom is -0.495 e. The standard InChI is InChI=1S/C27H24N4O4/c1-17-11-13-18(14-12-17)25-29-27(35-30-25)20-7-3-4-8-21(20)28-26(33)19-15-24(32)31(16-19)22-9-5-6-10-23(22)34-2/h3-14,19H,15-16H2,1-2H3,(H,28,33)/t19-/m0/s1. The van der Waals surface area contributed by atoms with Gasteiger partial charge in [-0.3, -0.25) is 9.59 Å². The van der Waals surface area contributed by atoms with E-state index in [4.69, 9.17) is 9.26 Å². The Balaban J connectivity index is 1.34. The molecule has 1 fully saturated rings. The molecule has 0 unspecified atom stereocenters. The Hall–Kier alpha value is -4.46. The van der Waals surface area contributed by atoms with Gasteiger partial charge in [0.1, 0.15) is 5.75 Å². The van der Waals surface area contributed by atoms with Crippen LogP contribution in [0.3, 0.4) is 0 Å². The molecule has 3 aromatic carbocycles. The summed E-state index contributed by atoms with van der Waals surface area (Å²) in [5.41, 5.74) is 3.79. The average Bonchev–Trinajstić information content (AvgIpc) is 3.52. The van der Waals surface area contributed by atoms with E-state index in [0.717, 1.165) is 11.1 Å². The number of benzene rings is 3. The van der Waals surface area contributed by atoms with Crippen LogP contribution in [-0.4, -0.2) is 35.6 Å². The summed E-state index contributed by atoms with van der Waals surface area (Å²) >= 11 is 0. The number of carbonyl (C=O) groups is 2. The molecule has 2 amide bonds. The van der Waals surface area contributed by atoms with Gasteiger partial charge in [0.05, 0.1) is 30.0 Å². The van der Waals surface area contributed by atoms with Crippen molar-refractivity contribution in [2.45, 2.75) is 13.3 Å². The van der Waals surface area contributed by atoms with E-state index in [-0.39, 0.29) is 24.8 Å². The molecule has 8 heteroatoms. The fourth-order valence-electron chi connectivity index (χ4n) is 4.13. The van der Waals surface area contributed by atoms with Crippen LogP contribution in [0.15, 0.2) is 77.3 Å². The molecule has 0 radical (unpaired) electrons. The zero-order valence-corrected chi connectivity index (χ0v) is 19.4. The van der Waals surface area contributed by atoms with Crippen LogP contribution in [0.2, 0.25) is 0 Å². The number of nitrogens with one attached hydrogen (secondary N) is 1. The van der Waals surface area contributed by atoms with Gasteiger partial charge in [0.15, 0.2) is 0 Å². The van der Waals surface area contributed by atoms with E-state index in [1.54, 1.807) is 24.1 Å². The molecule has 4 aromatic rings. The van der Waals surface area contributed by atoms with Gasteiger partial charge in [-0.1, -0.05) is 59.3 Å². The zero-order valence-electron chi connectivity index (χ0n) is 19.4. The van der Waals surface area contributed by atoms with E-state index in [1.165, 1.54) is 0 Å². The monoisotopic (exact) mass is 468 g/mol. The lowest BCUT2D eigenvalue weighted by Crippen LogP contribution is -2.28. The highest BCUT2D eigenvalue weighted by Gasteiger charge is 2.36. The molecule has 1 atom stereocenters. The first-order valence-electron chi connectivity index (χ1n) is 11.3. The highest BCUT2D eigenvalue weighted by atomic mass is 16.5. The second kappa shape index (κ2) is 9.42. The number of hydrogen-bond donors (Lipinski definition) is 1. The van der Waals surface area contributed by atoms with Gasteiger partial charge in [0.25, 0.3) is 5.89 Å². The van der Waals surface area contributed by atoms with Gasteiger partial charge in [0.2, 0.25) is 17.6 Å². The number of nitrogens with zero attached hydrogens (tertiary/aromatic N) is 3. The minimum absolute atomic E-state index is 0.115.